The molecule has 0 saturated carbocycles. The molecule has 0 unspecified atom stereocenters. The molecule has 8 heteroatoms. The monoisotopic (exact) mass is 422 g/mol. The van der Waals surface area contributed by atoms with Crippen LogP contribution in [0, 0.1) is 11.3 Å². The molecular weight excluding hydrogens is 400 g/mol. The van der Waals surface area contributed by atoms with E-state index in [1.165, 1.54) is 45.6 Å². The van der Waals surface area contributed by atoms with Crippen molar-refractivity contribution in [2.75, 3.05) is 27.9 Å². The van der Waals surface area contributed by atoms with Gasteiger partial charge in [-0.3, -0.25) is 4.79 Å². The molecule has 0 bridgehead atoms. The molecule has 8 nitrogen and oxygen atoms in total. The average molecular weight is 422 g/mol. The first kappa shape index (κ1) is 23.0. The summed E-state index contributed by atoms with van der Waals surface area (Å²) in [6.07, 6.45) is 2.92. The normalized spacial score (nSPS) is 10.5. The summed E-state index contributed by atoms with van der Waals surface area (Å²) < 4.78 is 21.1. The van der Waals surface area contributed by atoms with E-state index in [0.29, 0.717) is 17.1 Å². The molecule has 2 aromatic rings. The van der Waals surface area contributed by atoms with E-state index in [1.54, 1.807) is 24.3 Å². The molecule has 0 atom stereocenters. The number of carbonyl (C=O) groups excluding carboxylic acids is 2. The number of nitrogens with one attached hydrogen (secondary N) is 1. The minimum Gasteiger partial charge on any atom is -0.493 e. The molecule has 0 heterocycles. The summed E-state index contributed by atoms with van der Waals surface area (Å²) >= 11 is 0. The van der Waals surface area contributed by atoms with Crippen LogP contribution in [-0.2, 0) is 4.79 Å². The van der Waals surface area contributed by atoms with Gasteiger partial charge in [0.15, 0.2) is 23.0 Å². The van der Waals surface area contributed by atoms with Crippen LogP contribution >= 0.6 is 0 Å². The van der Waals surface area contributed by atoms with E-state index >= 15 is 0 Å². The van der Waals surface area contributed by atoms with Gasteiger partial charge in [0.05, 0.1) is 26.9 Å². The Kier molecular flexibility index (Phi) is 8.22. The van der Waals surface area contributed by atoms with E-state index in [2.05, 4.69) is 11.9 Å². The number of benzene rings is 2. The van der Waals surface area contributed by atoms with Crippen molar-refractivity contribution < 1.29 is 28.5 Å². The number of methoxy groups -OCH3 is 3. The van der Waals surface area contributed by atoms with Crippen LogP contribution in [-0.4, -0.2) is 39.8 Å². The Morgan fingerprint density at radius 2 is 1.65 bits per heavy atom. The van der Waals surface area contributed by atoms with Crippen LogP contribution in [0.15, 0.2) is 54.6 Å². The van der Waals surface area contributed by atoms with Crippen molar-refractivity contribution in [3.8, 4) is 29.1 Å². The predicted octanol–water partition coefficient (Wildman–Crippen LogP) is 3.14. The van der Waals surface area contributed by atoms with Crippen molar-refractivity contribution in [3.05, 3.63) is 65.8 Å². The highest BCUT2D eigenvalue weighted by Crippen LogP contribution is 2.31. The van der Waals surface area contributed by atoms with Gasteiger partial charge in [0, 0.05) is 6.54 Å². The highest BCUT2D eigenvalue weighted by atomic mass is 16.6. The highest BCUT2D eigenvalue weighted by molar-refractivity contribution is 6.01. The van der Waals surface area contributed by atoms with Gasteiger partial charge in [-0.05, 0) is 42.0 Å². The van der Waals surface area contributed by atoms with Crippen molar-refractivity contribution in [1.82, 2.24) is 5.32 Å². The summed E-state index contributed by atoms with van der Waals surface area (Å²) in [7, 11) is 4.38. The van der Waals surface area contributed by atoms with Gasteiger partial charge in [-0.15, -0.1) is 6.58 Å². The number of hydrogen-bond acceptors (Lipinski definition) is 7. The Morgan fingerprint density at radius 3 is 2.26 bits per heavy atom. The molecule has 31 heavy (non-hydrogen) atoms. The summed E-state index contributed by atoms with van der Waals surface area (Å²) in [4.78, 5) is 24.5. The molecule has 0 fully saturated rings. The van der Waals surface area contributed by atoms with Gasteiger partial charge in [0.25, 0.3) is 5.91 Å². The van der Waals surface area contributed by atoms with E-state index in [-0.39, 0.29) is 29.2 Å². The van der Waals surface area contributed by atoms with Crippen molar-refractivity contribution in [3.63, 3.8) is 0 Å². The fraction of sp³-hybridized carbons (Fsp3) is 0.174. The van der Waals surface area contributed by atoms with E-state index < -0.39 is 11.9 Å². The summed E-state index contributed by atoms with van der Waals surface area (Å²) in [6.45, 7) is 3.75. The number of amides is 1. The van der Waals surface area contributed by atoms with E-state index in [1.807, 2.05) is 6.07 Å². The molecule has 0 saturated heterocycles. The quantitative estimate of drug-likeness (QED) is 0.217. The zero-order valence-electron chi connectivity index (χ0n) is 17.4. The fourth-order valence-corrected chi connectivity index (χ4v) is 2.56. The first-order chi connectivity index (χ1) is 15.0. The molecule has 1 amide bonds. The minimum absolute atomic E-state index is 0.0843. The van der Waals surface area contributed by atoms with Gasteiger partial charge in [-0.2, -0.15) is 5.26 Å². The minimum atomic E-state index is -0.621. The van der Waals surface area contributed by atoms with Crippen molar-refractivity contribution in [2.24, 2.45) is 0 Å². The van der Waals surface area contributed by atoms with Crippen LogP contribution in [0.3, 0.4) is 0 Å². The van der Waals surface area contributed by atoms with Crippen LogP contribution in [0.4, 0.5) is 0 Å². The third-order valence-electron chi connectivity index (χ3n) is 4.09. The predicted molar refractivity (Wildman–Crippen MR) is 114 cm³/mol. The molecule has 0 radical (unpaired) electrons. The topological polar surface area (TPSA) is 107 Å². The first-order valence-electron chi connectivity index (χ1n) is 9.10. The Hall–Kier alpha value is -4.25. The van der Waals surface area contributed by atoms with Crippen LogP contribution < -0.4 is 24.3 Å². The molecule has 160 valence electrons. The molecule has 0 aliphatic rings. The fourth-order valence-electron chi connectivity index (χ4n) is 2.56. The number of rotatable bonds is 9. The number of ether oxygens (including phenoxy) is 4. The second-order valence-electron chi connectivity index (χ2n) is 6.04. The van der Waals surface area contributed by atoms with E-state index in [9.17, 15) is 14.9 Å². The van der Waals surface area contributed by atoms with Crippen molar-refractivity contribution >= 4 is 18.0 Å². The van der Waals surface area contributed by atoms with E-state index in [4.69, 9.17) is 18.9 Å². The molecule has 0 aliphatic carbocycles. The van der Waals surface area contributed by atoms with Gasteiger partial charge in [-0.25, -0.2) is 4.79 Å². The second kappa shape index (κ2) is 11.1. The van der Waals surface area contributed by atoms with Crippen molar-refractivity contribution in [2.45, 2.75) is 0 Å². The second-order valence-corrected chi connectivity index (χ2v) is 6.04. The standard InChI is InChI=1S/C23H22N2O6/c1-5-10-25-22(26)17(14-24)11-15-6-8-19(20(12-15)29-3)31-23(27)16-7-9-18(28-2)21(13-16)30-4/h5-9,11-13H,1,10H2,2-4H3,(H,25,26)/b17-11+. The lowest BCUT2D eigenvalue weighted by atomic mass is 10.1. The lowest BCUT2D eigenvalue weighted by Gasteiger charge is -2.12. The molecule has 0 spiro atoms. The average Bonchev–Trinajstić information content (AvgIpc) is 2.80. The summed E-state index contributed by atoms with van der Waals surface area (Å²) in [5.74, 6) is 0.163. The summed E-state index contributed by atoms with van der Waals surface area (Å²) in [5.41, 5.74) is 0.696. The maximum atomic E-state index is 12.6. The third-order valence-corrected chi connectivity index (χ3v) is 4.09. The van der Waals surface area contributed by atoms with Crippen LogP contribution in [0.2, 0.25) is 0 Å². The number of carbonyl (C=O) groups is 2. The van der Waals surface area contributed by atoms with Crippen LogP contribution in [0.25, 0.3) is 6.08 Å². The third kappa shape index (κ3) is 5.87. The highest BCUT2D eigenvalue weighted by Gasteiger charge is 2.16. The molecular formula is C23H22N2O6. The Morgan fingerprint density at radius 1 is 1.00 bits per heavy atom. The Bertz CT molecular complexity index is 1050. The summed E-state index contributed by atoms with van der Waals surface area (Å²) in [5, 5.41) is 11.8. The summed E-state index contributed by atoms with van der Waals surface area (Å²) in [6, 6.07) is 11.2. The lowest BCUT2D eigenvalue weighted by Crippen LogP contribution is -2.24. The maximum absolute atomic E-state index is 12.6. The molecule has 0 aromatic heterocycles. The van der Waals surface area contributed by atoms with Gasteiger partial charge in [0.2, 0.25) is 0 Å². The Labute approximate surface area is 180 Å². The lowest BCUT2D eigenvalue weighted by molar-refractivity contribution is -0.116. The van der Waals surface area contributed by atoms with Gasteiger partial charge < -0.3 is 24.3 Å². The molecule has 1 N–H and O–H groups in total. The number of nitrogens with zero attached hydrogens (tertiary/aromatic N) is 1. The smallest absolute Gasteiger partial charge is 0.343 e. The SMILES string of the molecule is C=CCNC(=O)/C(C#N)=C/c1ccc(OC(=O)c2ccc(OC)c(OC)c2)c(OC)c1. The zero-order chi connectivity index (χ0) is 22.8. The Balaban J connectivity index is 2.26. The molecule has 2 rings (SSSR count). The van der Waals surface area contributed by atoms with E-state index in [0.717, 1.165) is 0 Å². The first-order valence-corrected chi connectivity index (χ1v) is 9.10. The zero-order valence-corrected chi connectivity index (χ0v) is 17.4. The molecule has 2 aromatic carbocycles. The molecule has 0 aliphatic heterocycles. The van der Waals surface area contributed by atoms with Gasteiger partial charge in [0.1, 0.15) is 11.6 Å². The number of hydrogen-bond donors (Lipinski definition) is 1. The maximum Gasteiger partial charge on any atom is 0.343 e. The van der Waals surface area contributed by atoms with Crippen LogP contribution in [0.1, 0.15) is 15.9 Å². The van der Waals surface area contributed by atoms with Crippen molar-refractivity contribution in [1.29, 1.82) is 5.26 Å². The van der Waals surface area contributed by atoms with Gasteiger partial charge in [-0.1, -0.05) is 12.1 Å². The van der Waals surface area contributed by atoms with Gasteiger partial charge >= 0.3 is 5.97 Å². The number of nitriles is 1. The number of esters is 1. The van der Waals surface area contributed by atoms with Crippen LogP contribution in [0.5, 0.6) is 23.0 Å². The largest absolute Gasteiger partial charge is 0.493 e.